The molecule has 1 aromatic carbocycles. The summed E-state index contributed by atoms with van der Waals surface area (Å²) < 4.78 is 11.6. The Kier molecular flexibility index (Phi) is 4.39. The highest BCUT2D eigenvalue weighted by Crippen LogP contribution is 2.24. The Morgan fingerprint density at radius 2 is 2.05 bits per heavy atom. The molecule has 2 rings (SSSR count). The fraction of sp³-hybridized carbons (Fsp3) is 0.400. The lowest BCUT2D eigenvalue weighted by atomic mass is 10.1. The van der Waals surface area contributed by atoms with Crippen LogP contribution in [0.1, 0.15) is 41.6 Å². The first-order valence-electron chi connectivity index (χ1n) is 6.30. The maximum atomic E-state index is 11.6. The minimum Gasteiger partial charge on any atom is -0.478 e. The SMILES string of the molecule is CS(=O)c1cc(C#CC2CCCC2)ccc1C(=O)O. The van der Waals surface area contributed by atoms with Gasteiger partial charge in [0.1, 0.15) is 0 Å². The molecule has 1 aliphatic rings. The predicted octanol–water partition coefficient (Wildman–Crippen LogP) is 2.66. The topological polar surface area (TPSA) is 54.4 Å². The Hall–Kier alpha value is -1.60. The first-order chi connectivity index (χ1) is 9.08. The molecule has 0 heterocycles. The van der Waals surface area contributed by atoms with E-state index in [1.165, 1.54) is 25.2 Å². The molecule has 0 saturated heterocycles. The summed E-state index contributed by atoms with van der Waals surface area (Å²) in [5.41, 5.74) is 0.828. The van der Waals surface area contributed by atoms with Crippen molar-refractivity contribution >= 4 is 16.8 Å². The molecule has 0 aromatic heterocycles. The summed E-state index contributed by atoms with van der Waals surface area (Å²) in [5.74, 6) is 5.69. The van der Waals surface area contributed by atoms with E-state index in [1.807, 2.05) is 0 Å². The Morgan fingerprint density at radius 1 is 1.37 bits per heavy atom. The van der Waals surface area contributed by atoms with Crippen LogP contribution in [-0.2, 0) is 10.8 Å². The van der Waals surface area contributed by atoms with Gasteiger partial charge in [-0.1, -0.05) is 24.7 Å². The molecule has 0 aliphatic heterocycles. The van der Waals surface area contributed by atoms with E-state index in [-0.39, 0.29) is 5.56 Å². The van der Waals surface area contributed by atoms with Crippen LogP contribution in [0.2, 0.25) is 0 Å². The molecule has 1 unspecified atom stereocenters. The normalized spacial score (nSPS) is 16.7. The third-order valence-electron chi connectivity index (χ3n) is 3.30. The standard InChI is InChI=1S/C15H16O3S/c1-19(18)14-10-12(8-9-13(14)15(16)17)7-6-11-4-2-3-5-11/h8-11H,2-5H2,1H3,(H,16,17). The fourth-order valence-electron chi connectivity index (χ4n) is 2.27. The molecule has 19 heavy (non-hydrogen) atoms. The van der Waals surface area contributed by atoms with Gasteiger partial charge in [-0.25, -0.2) is 4.79 Å². The van der Waals surface area contributed by atoms with Crippen LogP contribution < -0.4 is 0 Å². The number of hydrogen-bond donors (Lipinski definition) is 1. The van der Waals surface area contributed by atoms with Crippen LogP contribution in [-0.4, -0.2) is 21.5 Å². The van der Waals surface area contributed by atoms with Gasteiger partial charge in [0.05, 0.1) is 21.3 Å². The summed E-state index contributed by atoms with van der Waals surface area (Å²) in [6, 6.07) is 4.79. The van der Waals surface area contributed by atoms with Crippen LogP contribution in [0, 0.1) is 17.8 Å². The number of carbonyl (C=O) groups is 1. The molecule has 100 valence electrons. The zero-order valence-electron chi connectivity index (χ0n) is 10.8. The first kappa shape index (κ1) is 13.8. The molecule has 1 saturated carbocycles. The monoisotopic (exact) mass is 276 g/mol. The second kappa shape index (κ2) is 6.03. The molecule has 1 aromatic rings. The average molecular weight is 276 g/mol. The predicted molar refractivity (Wildman–Crippen MR) is 74.6 cm³/mol. The lowest BCUT2D eigenvalue weighted by Crippen LogP contribution is -2.03. The maximum Gasteiger partial charge on any atom is 0.336 e. The highest BCUT2D eigenvalue weighted by Gasteiger charge is 2.14. The first-order valence-corrected chi connectivity index (χ1v) is 7.86. The van der Waals surface area contributed by atoms with E-state index in [0.717, 1.165) is 18.4 Å². The Balaban J connectivity index is 2.30. The molecular formula is C15H16O3S. The van der Waals surface area contributed by atoms with Gasteiger partial charge < -0.3 is 5.11 Å². The molecule has 0 radical (unpaired) electrons. The summed E-state index contributed by atoms with van der Waals surface area (Å²) in [6.45, 7) is 0. The van der Waals surface area contributed by atoms with Crippen molar-refractivity contribution < 1.29 is 14.1 Å². The zero-order valence-corrected chi connectivity index (χ0v) is 11.6. The van der Waals surface area contributed by atoms with Crippen molar-refractivity contribution in [1.82, 2.24) is 0 Å². The average Bonchev–Trinajstić information content (AvgIpc) is 2.88. The minimum absolute atomic E-state index is 0.0900. The molecule has 0 spiro atoms. The Labute approximate surface area is 115 Å². The van der Waals surface area contributed by atoms with Crippen LogP contribution in [0.25, 0.3) is 0 Å². The summed E-state index contributed by atoms with van der Waals surface area (Å²) in [7, 11) is -1.33. The number of rotatable bonds is 2. The summed E-state index contributed by atoms with van der Waals surface area (Å²) in [5, 5.41) is 9.04. The quantitative estimate of drug-likeness (QED) is 0.845. The molecule has 1 aliphatic carbocycles. The maximum absolute atomic E-state index is 11.6. The van der Waals surface area contributed by atoms with E-state index in [0.29, 0.717) is 10.8 Å². The van der Waals surface area contributed by atoms with Crippen molar-refractivity contribution in [3.8, 4) is 11.8 Å². The van der Waals surface area contributed by atoms with Crippen molar-refractivity contribution in [3.05, 3.63) is 29.3 Å². The smallest absolute Gasteiger partial charge is 0.336 e. The van der Waals surface area contributed by atoms with Crippen LogP contribution in [0.15, 0.2) is 23.1 Å². The molecule has 1 N–H and O–H groups in total. The van der Waals surface area contributed by atoms with Gasteiger partial charge >= 0.3 is 5.97 Å². The summed E-state index contributed by atoms with van der Waals surface area (Å²) in [6.07, 6.45) is 6.25. The third-order valence-corrected chi connectivity index (χ3v) is 4.25. The molecule has 4 heteroatoms. The van der Waals surface area contributed by atoms with Crippen molar-refractivity contribution in [2.75, 3.05) is 6.26 Å². The minimum atomic E-state index is -1.33. The van der Waals surface area contributed by atoms with Crippen LogP contribution in [0.3, 0.4) is 0 Å². The molecule has 1 fully saturated rings. The van der Waals surface area contributed by atoms with Crippen LogP contribution >= 0.6 is 0 Å². The van der Waals surface area contributed by atoms with Crippen LogP contribution in [0.5, 0.6) is 0 Å². The van der Waals surface area contributed by atoms with Gasteiger partial charge in [-0.2, -0.15) is 0 Å². The molecular weight excluding hydrogens is 260 g/mol. The lowest BCUT2D eigenvalue weighted by molar-refractivity contribution is 0.0693. The molecule has 1 atom stereocenters. The number of aromatic carboxylic acids is 1. The van der Waals surface area contributed by atoms with E-state index in [9.17, 15) is 9.00 Å². The van der Waals surface area contributed by atoms with Gasteiger partial charge in [0.15, 0.2) is 0 Å². The molecule has 3 nitrogen and oxygen atoms in total. The number of benzene rings is 1. The van der Waals surface area contributed by atoms with Gasteiger partial charge in [0, 0.05) is 17.7 Å². The number of carboxylic acid groups (broad SMARTS) is 1. The highest BCUT2D eigenvalue weighted by molar-refractivity contribution is 7.84. The zero-order chi connectivity index (χ0) is 13.8. The van der Waals surface area contributed by atoms with Crippen molar-refractivity contribution in [1.29, 1.82) is 0 Å². The van der Waals surface area contributed by atoms with E-state index in [2.05, 4.69) is 11.8 Å². The van der Waals surface area contributed by atoms with Gasteiger partial charge in [-0.3, -0.25) is 4.21 Å². The van der Waals surface area contributed by atoms with Gasteiger partial charge in [0.25, 0.3) is 0 Å². The lowest BCUT2D eigenvalue weighted by Gasteiger charge is -2.03. The summed E-state index contributed by atoms with van der Waals surface area (Å²) >= 11 is 0. The van der Waals surface area contributed by atoms with E-state index < -0.39 is 16.8 Å². The van der Waals surface area contributed by atoms with Crippen molar-refractivity contribution in [3.63, 3.8) is 0 Å². The fourth-order valence-corrected chi connectivity index (χ4v) is 3.03. The summed E-state index contributed by atoms with van der Waals surface area (Å²) in [4.78, 5) is 11.4. The number of hydrogen-bond acceptors (Lipinski definition) is 2. The highest BCUT2D eigenvalue weighted by atomic mass is 32.2. The van der Waals surface area contributed by atoms with Crippen molar-refractivity contribution in [2.24, 2.45) is 5.92 Å². The van der Waals surface area contributed by atoms with Crippen LogP contribution in [0.4, 0.5) is 0 Å². The molecule has 0 amide bonds. The second-order valence-electron chi connectivity index (χ2n) is 4.72. The third kappa shape index (κ3) is 3.45. The van der Waals surface area contributed by atoms with Crippen molar-refractivity contribution in [2.45, 2.75) is 30.6 Å². The number of carboxylic acids is 1. The Bertz CT molecular complexity index is 575. The van der Waals surface area contributed by atoms with Gasteiger partial charge in [-0.05, 0) is 31.0 Å². The van der Waals surface area contributed by atoms with E-state index in [4.69, 9.17) is 5.11 Å². The van der Waals surface area contributed by atoms with E-state index in [1.54, 1.807) is 12.1 Å². The largest absolute Gasteiger partial charge is 0.478 e. The van der Waals surface area contributed by atoms with Gasteiger partial charge in [0.2, 0.25) is 0 Å². The van der Waals surface area contributed by atoms with Gasteiger partial charge in [-0.15, -0.1) is 0 Å². The van der Waals surface area contributed by atoms with E-state index >= 15 is 0 Å². The Morgan fingerprint density at radius 3 is 2.63 bits per heavy atom. The second-order valence-corrected chi connectivity index (χ2v) is 6.07. The molecule has 0 bridgehead atoms.